The molecule has 0 heterocycles. The Morgan fingerprint density at radius 2 is 0.854 bits per heavy atom. The summed E-state index contributed by atoms with van der Waals surface area (Å²) in [4.78, 5) is -0.124. The van der Waals surface area contributed by atoms with Crippen LogP contribution in [0.1, 0.15) is 18.1 Å². The molecule has 41 heavy (non-hydrogen) atoms. The summed E-state index contributed by atoms with van der Waals surface area (Å²) in [7, 11) is -3.80. The van der Waals surface area contributed by atoms with Crippen LogP contribution < -0.4 is 22.9 Å². The number of anilines is 4. The highest BCUT2D eigenvalue weighted by atomic mass is 32.2. The lowest BCUT2D eigenvalue weighted by Gasteiger charge is -2.33. The van der Waals surface area contributed by atoms with Crippen LogP contribution in [0.2, 0.25) is 0 Å². The Hall–Kier alpha value is -4.98. The van der Waals surface area contributed by atoms with E-state index in [1.165, 1.54) is 24.3 Å². The highest BCUT2D eigenvalue weighted by Crippen LogP contribution is 2.48. The lowest BCUT2D eigenvalue weighted by molar-refractivity contribution is -0.173. The minimum Gasteiger partial charge on any atom is -0.506 e. The summed E-state index contributed by atoms with van der Waals surface area (Å²) in [5, 5.41) is 37.4. The summed E-state index contributed by atoms with van der Waals surface area (Å²) in [6, 6.07) is 13.9. The van der Waals surface area contributed by atoms with Crippen LogP contribution in [0.15, 0.2) is 82.6 Å². The summed E-state index contributed by atoms with van der Waals surface area (Å²) in [5.74, 6) is -0.967. The Labute approximate surface area is 232 Å². The molecule has 0 saturated carbocycles. The molecule has 12 N–H and O–H groups in total. The van der Waals surface area contributed by atoms with Gasteiger partial charge in [0.05, 0.1) is 32.5 Å². The average Bonchev–Trinajstić information content (AvgIpc) is 2.89. The summed E-state index contributed by atoms with van der Waals surface area (Å²) >= 11 is 0. The number of sulfone groups is 1. The normalized spacial score (nSPS) is 11.9. The second-order valence-corrected chi connectivity index (χ2v) is 11.1. The molecule has 0 aliphatic rings. The van der Waals surface area contributed by atoms with Crippen molar-refractivity contribution in [2.45, 2.75) is 28.3 Å². The van der Waals surface area contributed by atoms with E-state index >= 15 is 0 Å². The first-order chi connectivity index (χ1) is 18.9. The van der Waals surface area contributed by atoms with Crippen molar-refractivity contribution < 1.29 is 42.0 Å². The molecule has 0 aliphatic carbocycles. The number of hydrogen-bond donors (Lipinski definition) is 8. The fraction of sp³-hybridized carbons (Fsp3) is 0.111. The standard InChI is InChI=1S/C15H15F3N2O2.C12H12N2O4S/c1-14(15(16,17)18,8-2-4-12(21)10(19)6-8)9-3-5-13(22)11(20)7-9;13-9-5-7(1-3-11(9)15)19(17,18)8-2-4-12(16)10(14)6-8/h2-7,21-22H,19-20H2,1H3;1-6,15-16H,13-14H2. The van der Waals surface area contributed by atoms with E-state index in [4.69, 9.17) is 22.9 Å². The minimum atomic E-state index is -4.64. The Kier molecular flexibility index (Phi) is 8.11. The molecule has 4 aromatic rings. The Bertz CT molecular complexity index is 1600. The maximum absolute atomic E-state index is 13.7. The number of aromatic hydroxyl groups is 4. The van der Waals surface area contributed by atoms with Crippen LogP contribution in [0, 0.1) is 0 Å². The van der Waals surface area contributed by atoms with Gasteiger partial charge in [0.15, 0.2) is 0 Å². The Balaban J connectivity index is 0.000000228. The number of rotatable bonds is 4. The van der Waals surface area contributed by atoms with Crippen molar-refractivity contribution in [3.63, 3.8) is 0 Å². The molecule has 10 nitrogen and oxygen atoms in total. The van der Waals surface area contributed by atoms with E-state index in [9.17, 15) is 42.0 Å². The third kappa shape index (κ3) is 5.96. The molecule has 0 radical (unpaired) electrons. The maximum Gasteiger partial charge on any atom is 0.402 e. The van der Waals surface area contributed by atoms with E-state index < -0.39 is 21.4 Å². The molecule has 14 heteroatoms. The number of benzene rings is 4. The molecule has 0 saturated heterocycles. The predicted octanol–water partition coefficient (Wildman–Crippen LogP) is 4.23. The Morgan fingerprint density at radius 3 is 1.12 bits per heavy atom. The highest BCUT2D eigenvalue weighted by Gasteiger charge is 2.53. The van der Waals surface area contributed by atoms with Crippen LogP contribution in [0.25, 0.3) is 0 Å². The van der Waals surface area contributed by atoms with E-state index in [0.29, 0.717) is 0 Å². The summed E-state index contributed by atoms with van der Waals surface area (Å²) in [6.07, 6.45) is -4.64. The van der Waals surface area contributed by atoms with Gasteiger partial charge in [0.2, 0.25) is 9.84 Å². The monoisotopic (exact) mass is 592 g/mol. The molecule has 0 aliphatic heterocycles. The molecule has 0 amide bonds. The SMILES string of the molecule is CC(c1ccc(O)c(N)c1)(c1ccc(O)c(N)c1)C(F)(F)F.Nc1cc(S(=O)(=O)c2ccc(O)c(N)c2)ccc1O. The maximum atomic E-state index is 13.7. The van der Waals surface area contributed by atoms with Gasteiger partial charge in [-0.1, -0.05) is 12.1 Å². The number of hydrogen-bond acceptors (Lipinski definition) is 10. The van der Waals surface area contributed by atoms with Gasteiger partial charge in [0.25, 0.3) is 0 Å². The van der Waals surface area contributed by atoms with Gasteiger partial charge in [-0.2, -0.15) is 13.2 Å². The minimum absolute atomic E-state index is 0.0344. The summed E-state index contributed by atoms with van der Waals surface area (Å²) < 4.78 is 65.8. The predicted molar refractivity (Wildman–Crippen MR) is 148 cm³/mol. The molecule has 0 aromatic heterocycles. The number of phenols is 4. The molecular weight excluding hydrogens is 565 g/mol. The molecule has 0 spiro atoms. The molecule has 218 valence electrons. The zero-order valence-corrected chi connectivity index (χ0v) is 22.2. The molecule has 0 fully saturated rings. The third-order valence-corrected chi connectivity index (χ3v) is 8.14. The van der Waals surface area contributed by atoms with Gasteiger partial charge in [0.1, 0.15) is 28.4 Å². The zero-order chi connectivity index (χ0) is 30.9. The first-order valence-corrected chi connectivity index (χ1v) is 13.0. The molecule has 4 aromatic carbocycles. The smallest absolute Gasteiger partial charge is 0.402 e. The van der Waals surface area contributed by atoms with Gasteiger partial charge in [-0.3, -0.25) is 0 Å². The first kappa shape index (κ1) is 30.6. The van der Waals surface area contributed by atoms with Gasteiger partial charge in [-0.15, -0.1) is 0 Å². The molecule has 4 rings (SSSR count). The lowest BCUT2D eigenvalue weighted by atomic mass is 9.75. The van der Waals surface area contributed by atoms with Crippen LogP contribution in [0.3, 0.4) is 0 Å². The van der Waals surface area contributed by atoms with Gasteiger partial charge in [-0.25, -0.2) is 8.42 Å². The quantitative estimate of drug-likeness (QED) is 0.124. The van der Waals surface area contributed by atoms with Gasteiger partial charge < -0.3 is 43.4 Å². The largest absolute Gasteiger partial charge is 0.506 e. The van der Waals surface area contributed by atoms with Crippen LogP contribution >= 0.6 is 0 Å². The van der Waals surface area contributed by atoms with Crippen molar-refractivity contribution in [3.8, 4) is 23.0 Å². The summed E-state index contributed by atoms with van der Waals surface area (Å²) in [6.45, 7) is 0.991. The van der Waals surface area contributed by atoms with E-state index in [0.717, 1.165) is 55.5 Å². The van der Waals surface area contributed by atoms with Gasteiger partial charge in [-0.05, 0) is 78.7 Å². The van der Waals surface area contributed by atoms with Crippen molar-refractivity contribution >= 4 is 32.6 Å². The average molecular weight is 593 g/mol. The van der Waals surface area contributed by atoms with Crippen molar-refractivity contribution in [1.29, 1.82) is 0 Å². The molecule has 0 unspecified atom stereocenters. The van der Waals surface area contributed by atoms with Crippen molar-refractivity contribution in [1.82, 2.24) is 0 Å². The molecular formula is C27H27F3N4O6S. The van der Waals surface area contributed by atoms with Crippen molar-refractivity contribution in [2.75, 3.05) is 22.9 Å². The third-order valence-electron chi connectivity index (χ3n) is 6.40. The highest BCUT2D eigenvalue weighted by molar-refractivity contribution is 7.91. The number of nitrogen functional groups attached to an aromatic ring is 4. The van der Waals surface area contributed by atoms with E-state index in [1.807, 2.05) is 0 Å². The topological polar surface area (TPSA) is 219 Å². The lowest BCUT2D eigenvalue weighted by Crippen LogP contribution is -2.40. The van der Waals surface area contributed by atoms with Crippen LogP contribution in [0.4, 0.5) is 35.9 Å². The zero-order valence-electron chi connectivity index (χ0n) is 21.4. The van der Waals surface area contributed by atoms with E-state index in [-0.39, 0.29) is 66.7 Å². The van der Waals surface area contributed by atoms with Crippen molar-refractivity contribution in [3.05, 3.63) is 83.9 Å². The van der Waals surface area contributed by atoms with Crippen LogP contribution in [-0.4, -0.2) is 35.0 Å². The van der Waals surface area contributed by atoms with Crippen molar-refractivity contribution in [2.24, 2.45) is 0 Å². The van der Waals surface area contributed by atoms with Crippen LogP contribution in [0.5, 0.6) is 23.0 Å². The van der Waals surface area contributed by atoms with Gasteiger partial charge in [0, 0.05) is 0 Å². The fourth-order valence-corrected chi connectivity index (χ4v) is 5.09. The second-order valence-electron chi connectivity index (χ2n) is 9.11. The number of halogens is 3. The van der Waals surface area contributed by atoms with E-state index in [1.54, 1.807) is 0 Å². The molecule has 0 bridgehead atoms. The number of nitrogens with two attached hydrogens (primary N) is 4. The summed E-state index contributed by atoms with van der Waals surface area (Å²) in [5.41, 5.74) is 18.9. The fourth-order valence-electron chi connectivity index (χ4n) is 3.76. The van der Waals surface area contributed by atoms with Gasteiger partial charge >= 0.3 is 6.18 Å². The first-order valence-electron chi connectivity index (χ1n) is 11.6. The second kappa shape index (κ2) is 10.9. The number of phenolic OH excluding ortho intramolecular Hbond substituents is 4. The molecule has 0 atom stereocenters. The van der Waals surface area contributed by atoms with E-state index in [2.05, 4.69) is 0 Å². The Morgan fingerprint density at radius 1 is 0.561 bits per heavy atom. The number of alkyl halides is 3. The van der Waals surface area contributed by atoms with Crippen LogP contribution in [-0.2, 0) is 15.3 Å².